The SMILES string of the molecule is CCC1CC1C(N)c1ccsc1C. The average molecular weight is 195 g/mol. The van der Waals surface area contributed by atoms with Crippen LogP contribution in [0.15, 0.2) is 11.4 Å². The largest absolute Gasteiger partial charge is 0.324 e. The van der Waals surface area contributed by atoms with E-state index >= 15 is 0 Å². The van der Waals surface area contributed by atoms with Gasteiger partial charge in [0.25, 0.3) is 0 Å². The van der Waals surface area contributed by atoms with E-state index in [0.717, 1.165) is 11.8 Å². The fourth-order valence-corrected chi connectivity index (χ4v) is 2.91. The van der Waals surface area contributed by atoms with Gasteiger partial charge in [-0.25, -0.2) is 0 Å². The molecule has 2 heteroatoms. The third kappa shape index (κ3) is 1.65. The molecule has 0 amide bonds. The molecule has 0 aromatic carbocycles. The van der Waals surface area contributed by atoms with Gasteiger partial charge in [-0.2, -0.15) is 0 Å². The van der Waals surface area contributed by atoms with E-state index in [1.807, 2.05) is 0 Å². The minimum absolute atomic E-state index is 0.302. The lowest BCUT2D eigenvalue weighted by molar-refractivity contribution is 0.566. The number of aryl methyl sites for hydroxylation is 1. The molecule has 0 spiro atoms. The maximum atomic E-state index is 6.22. The lowest BCUT2D eigenvalue weighted by atomic mass is 10.0. The highest BCUT2D eigenvalue weighted by Gasteiger charge is 2.40. The Kier molecular flexibility index (Phi) is 2.43. The van der Waals surface area contributed by atoms with Crippen molar-refractivity contribution in [3.63, 3.8) is 0 Å². The summed E-state index contributed by atoms with van der Waals surface area (Å²) in [5, 5.41) is 2.15. The summed E-state index contributed by atoms with van der Waals surface area (Å²) in [5.41, 5.74) is 7.60. The zero-order chi connectivity index (χ0) is 9.42. The highest BCUT2D eigenvalue weighted by Crippen LogP contribution is 2.48. The molecule has 2 N–H and O–H groups in total. The van der Waals surface area contributed by atoms with Crippen LogP contribution in [0.3, 0.4) is 0 Å². The molecule has 0 bridgehead atoms. The van der Waals surface area contributed by atoms with E-state index in [1.54, 1.807) is 11.3 Å². The summed E-state index contributed by atoms with van der Waals surface area (Å²) in [6.07, 6.45) is 2.63. The zero-order valence-corrected chi connectivity index (χ0v) is 9.10. The number of thiophene rings is 1. The van der Waals surface area contributed by atoms with Crippen molar-refractivity contribution >= 4 is 11.3 Å². The summed E-state index contributed by atoms with van der Waals surface area (Å²) >= 11 is 1.81. The van der Waals surface area contributed by atoms with Gasteiger partial charge < -0.3 is 5.73 Å². The summed E-state index contributed by atoms with van der Waals surface area (Å²) < 4.78 is 0. The standard InChI is InChI=1S/C11H17NS/c1-3-8-6-10(8)11(12)9-4-5-13-7(9)2/h4-5,8,10-11H,3,6,12H2,1-2H3. The maximum absolute atomic E-state index is 6.22. The van der Waals surface area contributed by atoms with Crippen molar-refractivity contribution in [3.8, 4) is 0 Å². The lowest BCUT2D eigenvalue weighted by Gasteiger charge is -2.10. The van der Waals surface area contributed by atoms with Crippen LogP contribution in [0.5, 0.6) is 0 Å². The Balaban J connectivity index is 2.06. The van der Waals surface area contributed by atoms with Crippen molar-refractivity contribution in [1.29, 1.82) is 0 Å². The van der Waals surface area contributed by atoms with Crippen LogP contribution in [0.25, 0.3) is 0 Å². The van der Waals surface area contributed by atoms with Gasteiger partial charge in [0.1, 0.15) is 0 Å². The highest BCUT2D eigenvalue weighted by atomic mass is 32.1. The Hall–Kier alpha value is -0.340. The summed E-state index contributed by atoms with van der Waals surface area (Å²) in [4.78, 5) is 1.40. The van der Waals surface area contributed by atoms with Crippen molar-refractivity contribution < 1.29 is 0 Å². The van der Waals surface area contributed by atoms with Gasteiger partial charge >= 0.3 is 0 Å². The molecular formula is C11H17NS. The van der Waals surface area contributed by atoms with E-state index in [4.69, 9.17) is 5.73 Å². The predicted molar refractivity (Wildman–Crippen MR) is 57.9 cm³/mol. The first-order valence-corrected chi connectivity index (χ1v) is 5.91. The average Bonchev–Trinajstić information content (AvgIpc) is 2.80. The molecule has 1 heterocycles. The fraction of sp³-hybridized carbons (Fsp3) is 0.636. The van der Waals surface area contributed by atoms with Crippen LogP contribution in [0.4, 0.5) is 0 Å². The predicted octanol–water partition coefficient (Wildman–Crippen LogP) is 3.10. The Morgan fingerprint density at radius 1 is 1.69 bits per heavy atom. The van der Waals surface area contributed by atoms with Gasteiger partial charge in [-0.1, -0.05) is 13.3 Å². The summed E-state index contributed by atoms with van der Waals surface area (Å²) in [6.45, 7) is 4.43. The van der Waals surface area contributed by atoms with Gasteiger partial charge in [-0.05, 0) is 42.2 Å². The van der Waals surface area contributed by atoms with Crippen molar-refractivity contribution in [1.82, 2.24) is 0 Å². The second kappa shape index (κ2) is 3.43. The van der Waals surface area contributed by atoms with Crippen LogP contribution in [-0.4, -0.2) is 0 Å². The number of hydrogen-bond donors (Lipinski definition) is 1. The smallest absolute Gasteiger partial charge is 0.0337 e. The highest BCUT2D eigenvalue weighted by molar-refractivity contribution is 7.10. The molecule has 0 aliphatic heterocycles. The van der Waals surface area contributed by atoms with E-state index < -0.39 is 0 Å². The molecule has 3 unspecified atom stereocenters. The minimum atomic E-state index is 0.302. The van der Waals surface area contributed by atoms with E-state index in [2.05, 4.69) is 25.3 Å². The van der Waals surface area contributed by atoms with Crippen LogP contribution < -0.4 is 5.73 Å². The van der Waals surface area contributed by atoms with Crippen LogP contribution in [0.2, 0.25) is 0 Å². The number of rotatable bonds is 3. The van der Waals surface area contributed by atoms with Gasteiger partial charge in [0.05, 0.1) is 0 Å². The first-order valence-electron chi connectivity index (χ1n) is 5.03. The summed E-state index contributed by atoms with van der Waals surface area (Å²) in [6, 6.07) is 2.49. The van der Waals surface area contributed by atoms with E-state index in [1.165, 1.54) is 23.3 Å². The molecule has 1 aliphatic carbocycles. The summed E-state index contributed by atoms with van der Waals surface area (Å²) in [5.74, 6) is 1.66. The van der Waals surface area contributed by atoms with Gasteiger partial charge in [0, 0.05) is 10.9 Å². The molecular weight excluding hydrogens is 178 g/mol. The van der Waals surface area contributed by atoms with Gasteiger partial charge in [0.2, 0.25) is 0 Å². The molecule has 3 atom stereocenters. The molecule has 1 aromatic rings. The number of nitrogens with two attached hydrogens (primary N) is 1. The van der Waals surface area contributed by atoms with Crippen molar-refractivity contribution in [2.45, 2.75) is 32.7 Å². The van der Waals surface area contributed by atoms with Crippen LogP contribution in [-0.2, 0) is 0 Å². The van der Waals surface area contributed by atoms with Crippen molar-refractivity contribution in [2.24, 2.45) is 17.6 Å². The molecule has 72 valence electrons. The van der Waals surface area contributed by atoms with Crippen molar-refractivity contribution in [2.75, 3.05) is 0 Å². The fourth-order valence-electron chi connectivity index (χ4n) is 2.15. The quantitative estimate of drug-likeness (QED) is 0.788. The Morgan fingerprint density at radius 3 is 2.92 bits per heavy atom. The topological polar surface area (TPSA) is 26.0 Å². The molecule has 1 aromatic heterocycles. The number of hydrogen-bond acceptors (Lipinski definition) is 2. The lowest BCUT2D eigenvalue weighted by Crippen LogP contribution is -2.13. The van der Waals surface area contributed by atoms with Crippen LogP contribution >= 0.6 is 11.3 Å². The monoisotopic (exact) mass is 195 g/mol. The zero-order valence-electron chi connectivity index (χ0n) is 8.29. The first-order chi connectivity index (χ1) is 6.24. The molecule has 0 saturated heterocycles. The summed E-state index contributed by atoms with van der Waals surface area (Å²) in [7, 11) is 0. The molecule has 1 nitrogen and oxygen atoms in total. The maximum Gasteiger partial charge on any atom is 0.0337 e. The van der Waals surface area contributed by atoms with Crippen LogP contribution in [0, 0.1) is 18.8 Å². The van der Waals surface area contributed by atoms with Gasteiger partial charge in [-0.15, -0.1) is 11.3 Å². The second-order valence-corrected chi connectivity index (χ2v) is 5.15. The molecule has 2 rings (SSSR count). The molecule has 1 aliphatic rings. The third-order valence-electron chi connectivity index (χ3n) is 3.22. The van der Waals surface area contributed by atoms with E-state index in [9.17, 15) is 0 Å². The first kappa shape index (κ1) is 9.22. The Bertz CT molecular complexity index is 292. The molecule has 13 heavy (non-hydrogen) atoms. The van der Waals surface area contributed by atoms with Gasteiger partial charge in [-0.3, -0.25) is 0 Å². The Labute approximate surface area is 84.0 Å². The molecule has 0 radical (unpaired) electrons. The second-order valence-electron chi connectivity index (χ2n) is 4.03. The molecule has 1 saturated carbocycles. The van der Waals surface area contributed by atoms with E-state index in [0.29, 0.717) is 6.04 Å². The Morgan fingerprint density at radius 2 is 2.46 bits per heavy atom. The van der Waals surface area contributed by atoms with Crippen LogP contribution in [0.1, 0.15) is 36.2 Å². The third-order valence-corrected chi connectivity index (χ3v) is 4.08. The van der Waals surface area contributed by atoms with Gasteiger partial charge in [0.15, 0.2) is 0 Å². The normalized spacial score (nSPS) is 28.8. The molecule has 1 fully saturated rings. The minimum Gasteiger partial charge on any atom is -0.324 e. The van der Waals surface area contributed by atoms with E-state index in [-0.39, 0.29) is 0 Å². The van der Waals surface area contributed by atoms with Crippen molar-refractivity contribution in [3.05, 3.63) is 21.9 Å².